The summed E-state index contributed by atoms with van der Waals surface area (Å²) in [4.78, 5) is 5.16. The molecule has 0 atom stereocenters. The predicted octanol–water partition coefficient (Wildman–Crippen LogP) is 10.9. The van der Waals surface area contributed by atoms with Gasteiger partial charge in [0.05, 0.1) is 5.69 Å². The average Bonchev–Trinajstić information content (AvgIpc) is 2.90. The van der Waals surface area contributed by atoms with Gasteiger partial charge in [-0.2, -0.15) is 0 Å². The topological polar surface area (TPSA) is 26.7 Å². The number of phenols is 1. The molecule has 0 aliphatic carbocycles. The molecule has 0 aliphatic rings. The number of hydrogen-bond acceptors (Lipinski definition) is 3. The van der Waals surface area contributed by atoms with Gasteiger partial charge in [-0.1, -0.05) is 136 Å². The van der Waals surface area contributed by atoms with Crippen LogP contribution in [-0.2, 0) is 0 Å². The summed E-state index contributed by atoms with van der Waals surface area (Å²) >= 11 is 0. The van der Waals surface area contributed by atoms with Crippen molar-refractivity contribution in [1.29, 1.82) is 0 Å². The van der Waals surface area contributed by atoms with Gasteiger partial charge in [0.25, 0.3) is 0 Å². The minimum atomic E-state index is 0.474. The van der Waals surface area contributed by atoms with Gasteiger partial charge in [0.15, 0.2) is 0 Å². The summed E-state index contributed by atoms with van der Waals surface area (Å²) in [5.74, 6) is 0.474. The van der Waals surface area contributed by atoms with Crippen LogP contribution >= 0.6 is 0 Å². The lowest BCUT2D eigenvalue weighted by Gasteiger charge is -2.33. The Morgan fingerprint density at radius 1 is 0.459 bits per heavy atom. The summed E-state index contributed by atoms with van der Waals surface area (Å²) in [5.41, 5.74) is 2.38. The molecule has 0 saturated heterocycles. The highest BCUT2D eigenvalue weighted by atomic mass is 16.3. The molecule has 3 nitrogen and oxygen atoms in total. The Bertz CT molecular complexity index is 604. The van der Waals surface area contributed by atoms with Crippen LogP contribution in [0.5, 0.6) is 5.75 Å². The quantitative estimate of drug-likeness (QED) is 0.124. The Kier molecular flexibility index (Phi) is 21.6. The largest absolute Gasteiger partial charge is 0.506 e. The zero-order chi connectivity index (χ0) is 27.0. The fourth-order valence-electron chi connectivity index (χ4n) is 5.41. The van der Waals surface area contributed by atoms with Crippen molar-refractivity contribution in [1.82, 2.24) is 0 Å². The lowest BCUT2D eigenvalue weighted by Crippen LogP contribution is -2.31. The Morgan fingerprint density at radius 3 is 1.19 bits per heavy atom. The van der Waals surface area contributed by atoms with Gasteiger partial charge >= 0.3 is 0 Å². The Hall–Kier alpha value is -1.38. The van der Waals surface area contributed by atoms with Gasteiger partial charge in [-0.15, -0.1) is 0 Å². The summed E-state index contributed by atoms with van der Waals surface area (Å²) in [6.45, 7) is 13.5. The van der Waals surface area contributed by atoms with Gasteiger partial charge in [0.1, 0.15) is 11.4 Å². The zero-order valence-electron chi connectivity index (χ0n) is 25.5. The third-order valence-corrected chi connectivity index (χ3v) is 7.78. The number of rotatable bonds is 26. The molecule has 216 valence electrons. The van der Waals surface area contributed by atoms with Crippen LogP contribution in [0.4, 0.5) is 11.4 Å². The van der Waals surface area contributed by atoms with Crippen LogP contribution < -0.4 is 9.80 Å². The molecule has 37 heavy (non-hydrogen) atoms. The zero-order valence-corrected chi connectivity index (χ0v) is 25.5. The van der Waals surface area contributed by atoms with Crippen LogP contribution in [0.25, 0.3) is 0 Å². The third kappa shape index (κ3) is 15.6. The van der Waals surface area contributed by atoms with Gasteiger partial charge in [-0.25, -0.2) is 0 Å². The van der Waals surface area contributed by atoms with E-state index in [0.717, 1.165) is 31.9 Å². The van der Waals surface area contributed by atoms with E-state index in [2.05, 4.69) is 49.6 Å². The smallest absolute Gasteiger partial charge is 0.141 e. The molecule has 1 N–H and O–H groups in total. The molecule has 0 aromatic heterocycles. The molecule has 0 spiro atoms. The van der Waals surface area contributed by atoms with Crippen molar-refractivity contribution >= 4 is 11.4 Å². The van der Waals surface area contributed by atoms with Crippen LogP contribution in [0.2, 0.25) is 0 Å². The van der Waals surface area contributed by atoms with Crippen molar-refractivity contribution in [2.45, 2.75) is 156 Å². The average molecular weight is 517 g/mol. The van der Waals surface area contributed by atoms with E-state index in [-0.39, 0.29) is 0 Å². The summed E-state index contributed by atoms with van der Waals surface area (Å²) in [6.07, 6.45) is 26.0. The first-order valence-corrected chi connectivity index (χ1v) is 16.5. The molecular formula is C34H64N2O. The van der Waals surface area contributed by atoms with Crippen LogP contribution in [0.3, 0.4) is 0 Å². The Morgan fingerprint density at radius 2 is 0.811 bits per heavy atom. The molecule has 0 bridgehead atoms. The van der Waals surface area contributed by atoms with E-state index in [4.69, 9.17) is 0 Å². The first kappa shape index (κ1) is 33.6. The van der Waals surface area contributed by atoms with Crippen LogP contribution in [0.15, 0.2) is 18.2 Å². The van der Waals surface area contributed by atoms with Crippen LogP contribution in [0.1, 0.15) is 156 Å². The highest BCUT2D eigenvalue weighted by molar-refractivity contribution is 5.77. The number of benzene rings is 1. The maximum absolute atomic E-state index is 11.2. The second kappa shape index (κ2) is 23.7. The molecule has 0 saturated carbocycles. The SMILES string of the molecule is CCCCCCCN(CCCCCCC)c1cccc(O)c1N(CCCCCCC)CCCCCCC. The Balaban J connectivity index is 3.04. The fraction of sp³-hybridized carbons (Fsp3) is 0.824. The minimum Gasteiger partial charge on any atom is -0.506 e. The summed E-state index contributed by atoms with van der Waals surface area (Å²) < 4.78 is 0. The molecule has 1 aromatic carbocycles. The third-order valence-electron chi connectivity index (χ3n) is 7.78. The highest BCUT2D eigenvalue weighted by Crippen LogP contribution is 2.38. The summed E-state index contributed by atoms with van der Waals surface area (Å²) in [7, 11) is 0. The standard InChI is InChI=1S/C34H64N2O/c1-5-9-13-17-21-28-35(29-22-18-14-10-6-2)32-26-25-27-33(37)34(32)36(30-23-19-15-11-7-3)31-24-20-16-12-8-4/h25-27,37H,5-24,28-31H2,1-4H3. The molecule has 0 heterocycles. The van der Waals surface area contributed by atoms with Gasteiger partial charge in [0, 0.05) is 26.2 Å². The number of para-hydroxylation sites is 1. The van der Waals surface area contributed by atoms with Crippen molar-refractivity contribution in [3.8, 4) is 5.75 Å². The van der Waals surface area contributed by atoms with Crippen molar-refractivity contribution in [2.75, 3.05) is 36.0 Å². The lowest BCUT2D eigenvalue weighted by molar-refractivity contribution is 0.471. The first-order valence-electron chi connectivity index (χ1n) is 16.5. The lowest BCUT2D eigenvalue weighted by atomic mass is 10.1. The fourth-order valence-corrected chi connectivity index (χ4v) is 5.41. The summed E-state index contributed by atoms with van der Waals surface area (Å²) in [5, 5.41) is 11.2. The van der Waals surface area contributed by atoms with Crippen LogP contribution in [-0.4, -0.2) is 31.3 Å². The second-order valence-corrected chi connectivity index (χ2v) is 11.3. The molecular weight excluding hydrogens is 452 g/mol. The molecule has 0 aliphatic heterocycles. The molecule has 3 heteroatoms. The summed E-state index contributed by atoms with van der Waals surface area (Å²) in [6, 6.07) is 6.27. The second-order valence-electron chi connectivity index (χ2n) is 11.3. The molecule has 0 amide bonds. The van der Waals surface area contributed by atoms with Crippen LogP contribution in [0, 0.1) is 0 Å². The number of aromatic hydroxyl groups is 1. The number of nitrogens with zero attached hydrogens (tertiary/aromatic N) is 2. The van der Waals surface area contributed by atoms with Gasteiger partial charge in [-0.3, -0.25) is 0 Å². The molecule has 1 aromatic rings. The molecule has 0 unspecified atom stereocenters. The number of unbranched alkanes of at least 4 members (excludes halogenated alkanes) is 16. The number of phenolic OH excluding ortho intramolecular Hbond substituents is 1. The van der Waals surface area contributed by atoms with E-state index in [9.17, 15) is 5.11 Å². The minimum absolute atomic E-state index is 0.474. The first-order chi connectivity index (χ1) is 18.2. The maximum atomic E-state index is 11.2. The van der Waals surface area contributed by atoms with E-state index in [1.807, 2.05) is 6.07 Å². The molecule has 0 fully saturated rings. The molecule has 1 rings (SSSR count). The number of anilines is 2. The van der Waals surface area contributed by atoms with Gasteiger partial charge < -0.3 is 14.9 Å². The van der Waals surface area contributed by atoms with E-state index >= 15 is 0 Å². The van der Waals surface area contributed by atoms with E-state index in [1.54, 1.807) is 0 Å². The maximum Gasteiger partial charge on any atom is 0.141 e. The van der Waals surface area contributed by atoms with E-state index < -0.39 is 0 Å². The van der Waals surface area contributed by atoms with E-state index in [0.29, 0.717) is 5.75 Å². The highest BCUT2D eigenvalue weighted by Gasteiger charge is 2.20. The van der Waals surface area contributed by atoms with Crippen molar-refractivity contribution in [3.05, 3.63) is 18.2 Å². The van der Waals surface area contributed by atoms with Crippen molar-refractivity contribution < 1.29 is 5.11 Å². The van der Waals surface area contributed by atoms with Crippen molar-refractivity contribution in [2.24, 2.45) is 0 Å². The normalized spacial score (nSPS) is 11.2. The van der Waals surface area contributed by atoms with Gasteiger partial charge in [-0.05, 0) is 37.8 Å². The number of hydrogen-bond donors (Lipinski definition) is 1. The monoisotopic (exact) mass is 517 g/mol. The molecule has 0 radical (unpaired) electrons. The van der Waals surface area contributed by atoms with E-state index in [1.165, 1.54) is 134 Å². The van der Waals surface area contributed by atoms with Gasteiger partial charge in [0.2, 0.25) is 0 Å². The Labute approximate surface area is 232 Å². The van der Waals surface area contributed by atoms with Crippen molar-refractivity contribution in [3.63, 3.8) is 0 Å². The predicted molar refractivity (Wildman–Crippen MR) is 168 cm³/mol.